The molecule has 12 heteroatoms. The number of halogens is 4. The van der Waals surface area contributed by atoms with Crippen LogP contribution in [0, 0.1) is 6.92 Å². The van der Waals surface area contributed by atoms with Crippen molar-refractivity contribution in [2.24, 2.45) is 0 Å². The largest absolute Gasteiger partial charge is 0.416 e. The van der Waals surface area contributed by atoms with Gasteiger partial charge >= 0.3 is 6.18 Å². The SMILES string of the molecule is CCCCNC(=O)[C@H](CC)N(Cc1ccccc1C)C(=O)CN(c1cc(C(F)(F)F)ccc1Cl)S(C)(=O)=O. The van der Waals surface area contributed by atoms with Gasteiger partial charge in [-0.15, -0.1) is 0 Å². The molecule has 0 radical (unpaired) electrons. The fourth-order valence-corrected chi connectivity index (χ4v) is 4.99. The van der Waals surface area contributed by atoms with E-state index in [4.69, 9.17) is 11.6 Å². The van der Waals surface area contributed by atoms with E-state index in [-0.39, 0.29) is 18.0 Å². The second-order valence-corrected chi connectivity index (χ2v) is 11.3. The minimum absolute atomic E-state index is 0.000857. The molecule has 1 N–H and O–H groups in total. The number of benzene rings is 2. The molecule has 0 aromatic heterocycles. The van der Waals surface area contributed by atoms with Crippen molar-refractivity contribution in [2.45, 2.75) is 58.8 Å². The third-order valence-corrected chi connectivity index (χ3v) is 7.48. The summed E-state index contributed by atoms with van der Waals surface area (Å²) < 4.78 is 66.0. The summed E-state index contributed by atoms with van der Waals surface area (Å²) in [5.41, 5.74) is 0.00114. The van der Waals surface area contributed by atoms with Crippen LogP contribution in [0.15, 0.2) is 42.5 Å². The Bertz CT molecular complexity index is 1240. The first kappa shape index (κ1) is 31.4. The van der Waals surface area contributed by atoms with Gasteiger partial charge in [-0.05, 0) is 49.1 Å². The summed E-state index contributed by atoms with van der Waals surface area (Å²) in [6.45, 7) is 5.10. The van der Waals surface area contributed by atoms with E-state index >= 15 is 0 Å². The van der Waals surface area contributed by atoms with Gasteiger partial charge in [0.2, 0.25) is 21.8 Å². The molecule has 0 aliphatic rings. The van der Waals surface area contributed by atoms with E-state index in [2.05, 4.69) is 5.32 Å². The second kappa shape index (κ2) is 13.3. The van der Waals surface area contributed by atoms with Crippen molar-refractivity contribution in [1.82, 2.24) is 10.2 Å². The van der Waals surface area contributed by atoms with Crippen LogP contribution in [0.2, 0.25) is 5.02 Å². The van der Waals surface area contributed by atoms with Crippen molar-refractivity contribution in [2.75, 3.05) is 23.7 Å². The molecule has 0 fully saturated rings. The standard InChI is InChI=1S/C26H33ClF3N3O4S/c1-5-7-14-31-25(35)22(6-2)32(16-19-11-9-8-10-18(19)3)24(34)17-33(38(4,36)37)23-15-20(26(28,29)30)12-13-21(23)27/h8-13,15,22H,5-7,14,16-17H2,1-4H3,(H,31,35)/t22-/m0/s1. The van der Waals surface area contributed by atoms with E-state index in [1.807, 2.05) is 26.0 Å². The first-order valence-corrected chi connectivity index (χ1v) is 14.4. The third kappa shape index (κ3) is 8.36. The Morgan fingerprint density at radius 3 is 2.32 bits per heavy atom. The van der Waals surface area contributed by atoms with Crippen LogP contribution in [0.1, 0.15) is 49.8 Å². The highest BCUT2D eigenvalue weighted by molar-refractivity contribution is 7.92. The second-order valence-electron chi connectivity index (χ2n) is 8.95. The molecule has 38 heavy (non-hydrogen) atoms. The number of rotatable bonds is 12. The summed E-state index contributed by atoms with van der Waals surface area (Å²) in [6, 6.07) is 8.55. The number of nitrogens with zero attached hydrogens (tertiary/aromatic N) is 2. The molecule has 0 heterocycles. The number of hydrogen-bond donors (Lipinski definition) is 1. The number of carbonyl (C=O) groups is 2. The van der Waals surface area contributed by atoms with Crippen LogP contribution in [-0.4, -0.2) is 50.5 Å². The zero-order valence-corrected chi connectivity index (χ0v) is 23.4. The van der Waals surface area contributed by atoms with Crippen LogP contribution in [0.5, 0.6) is 0 Å². The molecule has 0 saturated carbocycles. The topological polar surface area (TPSA) is 86.8 Å². The lowest BCUT2D eigenvalue weighted by molar-refractivity contribution is -0.140. The average Bonchev–Trinajstić information content (AvgIpc) is 2.82. The van der Waals surface area contributed by atoms with E-state index in [0.29, 0.717) is 16.9 Å². The van der Waals surface area contributed by atoms with Crippen LogP contribution in [0.4, 0.5) is 18.9 Å². The number of carbonyl (C=O) groups excluding carboxylic acids is 2. The van der Waals surface area contributed by atoms with Gasteiger partial charge in [0.15, 0.2) is 0 Å². The fourth-order valence-electron chi connectivity index (χ4n) is 3.87. The summed E-state index contributed by atoms with van der Waals surface area (Å²) in [5, 5.41) is 2.54. The molecule has 210 valence electrons. The molecule has 0 unspecified atom stereocenters. The molecule has 0 saturated heterocycles. The van der Waals surface area contributed by atoms with Crippen molar-refractivity contribution in [3.8, 4) is 0 Å². The maximum absolute atomic E-state index is 13.7. The zero-order valence-electron chi connectivity index (χ0n) is 21.8. The molecule has 0 aliphatic carbocycles. The molecule has 2 amide bonds. The number of anilines is 1. The number of hydrogen-bond acceptors (Lipinski definition) is 4. The Morgan fingerprint density at radius 2 is 1.76 bits per heavy atom. The van der Waals surface area contributed by atoms with Crippen molar-refractivity contribution >= 4 is 39.1 Å². The zero-order chi connectivity index (χ0) is 28.7. The smallest absolute Gasteiger partial charge is 0.354 e. The van der Waals surface area contributed by atoms with Crippen molar-refractivity contribution < 1.29 is 31.2 Å². The third-order valence-electron chi connectivity index (χ3n) is 6.04. The summed E-state index contributed by atoms with van der Waals surface area (Å²) in [7, 11) is -4.25. The first-order valence-electron chi connectivity index (χ1n) is 12.2. The summed E-state index contributed by atoms with van der Waals surface area (Å²) in [6.07, 6.45) is -2.16. The lowest BCUT2D eigenvalue weighted by Crippen LogP contribution is -2.52. The molecular weight excluding hydrogens is 543 g/mol. The molecule has 2 aromatic carbocycles. The summed E-state index contributed by atoms with van der Waals surface area (Å²) in [5.74, 6) is -1.16. The Morgan fingerprint density at radius 1 is 1.11 bits per heavy atom. The van der Waals surface area contributed by atoms with Gasteiger partial charge in [-0.1, -0.05) is 56.1 Å². The molecule has 2 aromatic rings. The molecule has 1 atom stereocenters. The predicted octanol–water partition coefficient (Wildman–Crippen LogP) is 5.16. The monoisotopic (exact) mass is 575 g/mol. The normalized spacial score (nSPS) is 12.6. The van der Waals surface area contributed by atoms with Gasteiger partial charge in [-0.25, -0.2) is 8.42 Å². The maximum Gasteiger partial charge on any atom is 0.416 e. The number of aryl methyl sites for hydroxylation is 1. The maximum atomic E-state index is 13.7. The lowest BCUT2D eigenvalue weighted by atomic mass is 10.1. The Hall–Kier alpha value is -2.79. The number of alkyl halides is 3. The van der Waals surface area contributed by atoms with Gasteiger partial charge in [0, 0.05) is 13.1 Å². The number of amides is 2. The van der Waals surface area contributed by atoms with E-state index in [9.17, 15) is 31.2 Å². The highest BCUT2D eigenvalue weighted by atomic mass is 35.5. The van der Waals surface area contributed by atoms with E-state index in [1.165, 1.54) is 4.90 Å². The molecule has 7 nitrogen and oxygen atoms in total. The van der Waals surface area contributed by atoms with Gasteiger partial charge in [-0.2, -0.15) is 13.2 Å². The Labute approximate surface area is 227 Å². The molecule has 0 aliphatic heterocycles. The first-order chi connectivity index (χ1) is 17.7. The minimum Gasteiger partial charge on any atom is -0.354 e. The van der Waals surface area contributed by atoms with Gasteiger partial charge in [0.05, 0.1) is 22.5 Å². The van der Waals surface area contributed by atoms with Crippen LogP contribution in [-0.2, 0) is 32.3 Å². The van der Waals surface area contributed by atoms with Gasteiger partial charge in [0.25, 0.3) is 0 Å². The van der Waals surface area contributed by atoms with E-state index < -0.39 is 51.9 Å². The molecule has 0 spiro atoms. The predicted molar refractivity (Wildman–Crippen MR) is 142 cm³/mol. The van der Waals surface area contributed by atoms with Gasteiger partial charge in [0.1, 0.15) is 12.6 Å². The quantitative estimate of drug-likeness (QED) is 0.354. The van der Waals surface area contributed by atoms with Crippen LogP contribution in [0.3, 0.4) is 0 Å². The van der Waals surface area contributed by atoms with E-state index in [0.717, 1.165) is 42.4 Å². The Balaban J connectivity index is 2.52. The molecule has 2 rings (SSSR count). The van der Waals surface area contributed by atoms with Crippen LogP contribution >= 0.6 is 11.6 Å². The van der Waals surface area contributed by atoms with Crippen LogP contribution < -0.4 is 9.62 Å². The number of nitrogens with one attached hydrogen (secondary N) is 1. The summed E-state index contributed by atoms with van der Waals surface area (Å²) >= 11 is 6.11. The van der Waals surface area contributed by atoms with Crippen LogP contribution in [0.25, 0.3) is 0 Å². The number of sulfonamides is 1. The highest BCUT2D eigenvalue weighted by Crippen LogP contribution is 2.36. The molecule has 0 bridgehead atoms. The average molecular weight is 576 g/mol. The van der Waals surface area contributed by atoms with Crippen molar-refractivity contribution in [3.05, 3.63) is 64.2 Å². The molecular formula is C26H33ClF3N3O4S. The van der Waals surface area contributed by atoms with Crippen molar-refractivity contribution in [3.63, 3.8) is 0 Å². The Kier molecular flexibility index (Phi) is 11.0. The lowest BCUT2D eigenvalue weighted by Gasteiger charge is -2.33. The van der Waals surface area contributed by atoms with Gasteiger partial charge in [-0.3, -0.25) is 13.9 Å². The van der Waals surface area contributed by atoms with Crippen molar-refractivity contribution in [1.29, 1.82) is 0 Å². The fraction of sp³-hybridized carbons (Fsp3) is 0.462. The summed E-state index contributed by atoms with van der Waals surface area (Å²) in [4.78, 5) is 28.0. The number of unbranched alkanes of at least 4 members (excludes halogenated alkanes) is 1. The highest BCUT2D eigenvalue weighted by Gasteiger charge is 2.35. The van der Waals surface area contributed by atoms with E-state index in [1.54, 1.807) is 19.1 Å². The minimum atomic E-state index is -4.76. The van der Waals surface area contributed by atoms with Gasteiger partial charge < -0.3 is 10.2 Å².